The zero-order valence-corrected chi connectivity index (χ0v) is 19.1. The molecule has 2 unspecified atom stereocenters. The van der Waals surface area contributed by atoms with E-state index < -0.39 is 0 Å². The first kappa shape index (κ1) is 23.9. The molecule has 2 atom stereocenters. The fraction of sp³-hybridized carbons (Fsp3) is 0.947. The SMILES string of the molecule is CN=C(NCC(C1CCCCC1)N(C)C)NCC1(CCO)CCOC1.I. The van der Waals surface area contributed by atoms with Gasteiger partial charge in [0.2, 0.25) is 0 Å². The van der Waals surface area contributed by atoms with Crippen LogP contribution in [0.5, 0.6) is 0 Å². The summed E-state index contributed by atoms with van der Waals surface area (Å²) in [5, 5.41) is 16.3. The first-order chi connectivity index (χ1) is 12.1. The minimum absolute atomic E-state index is 0. The normalized spacial score (nSPS) is 25.8. The van der Waals surface area contributed by atoms with E-state index in [0.29, 0.717) is 6.04 Å². The predicted molar refractivity (Wildman–Crippen MR) is 118 cm³/mol. The van der Waals surface area contributed by atoms with Crippen LogP contribution in [-0.2, 0) is 4.74 Å². The second-order valence-electron chi connectivity index (χ2n) is 8.01. The van der Waals surface area contributed by atoms with Crippen molar-refractivity contribution in [3.63, 3.8) is 0 Å². The van der Waals surface area contributed by atoms with Crippen LogP contribution >= 0.6 is 24.0 Å². The Morgan fingerprint density at radius 2 is 2.00 bits per heavy atom. The number of aliphatic imine (C=N–C) groups is 1. The Balaban J connectivity index is 0.00000338. The molecule has 3 N–H and O–H groups in total. The molecule has 1 heterocycles. The maximum Gasteiger partial charge on any atom is 0.191 e. The van der Waals surface area contributed by atoms with Crippen molar-refractivity contribution in [1.82, 2.24) is 15.5 Å². The molecule has 1 aliphatic heterocycles. The standard InChI is InChI=1S/C19H38N4O2.HI/c1-20-18(22-14-19(9-11-24)10-12-25-15-19)21-13-17(23(2)3)16-7-5-4-6-8-16;/h16-17,24H,4-15H2,1-3H3,(H2,20,21,22);1H. The molecule has 2 fully saturated rings. The summed E-state index contributed by atoms with van der Waals surface area (Å²) in [6.07, 6.45) is 8.58. The third-order valence-corrected chi connectivity index (χ3v) is 6.02. The molecule has 0 radical (unpaired) electrons. The molecule has 0 aromatic carbocycles. The Labute approximate surface area is 176 Å². The zero-order valence-electron chi connectivity index (χ0n) is 16.8. The van der Waals surface area contributed by atoms with Gasteiger partial charge in [0.05, 0.1) is 6.61 Å². The van der Waals surface area contributed by atoms with Crippen molar-refractivity contribution in [2.75, 3.05) is 54.1 Å². The quantitative estimate of drug-likeness (QED) is 0.281. The first-order valence-electron chi connectivity index (χ1n) is 9.90. The number of rotatable bonds is 8. The molecule has 2 rings (SSSR count). The smallest absolute Gasteiger partial charge is 0.191 e. The molecule has 2 aliphatic rings. The number of hydrogen-bond acceptors (Lipinski definition) is 4. The molecule has 26 heavy (non-hydrogen) atoms. The van der Waals surface area contributed by atoms with E-state index in [9.17, 15) is 5.11 Å². The van der Waals surface area contributed by atoms with Crippen molar-refractivity contribution < 1.29 is 9.84 Å². The maximum atomic E-state index is 9.36. The van der Waals surface area contributed by atoms with Crippen LogP contribution in [0.4, 0.5) is 0 Å². The Morgan fingerprint density at radius 3 is 2.54 bits per heavy atom. The largest absolute Gasteiger partial charge is 0.396 e. The lowest BCUT2D eigenvalue weighted by atomic mass is 9.83. The summed E-state index contributed by atoms with van der Waals surface area (Å²) in [6.45, 7) is 3.43. The molecule has 6 nitrogen and oxygen atoms in total. The van der Waals surface area contributed by atoms with Gasteiger partial charge in [0.15, 0.2) is 5.96 Å². The lowest BCUT2D eigenvalue weighted by Gasteiger charge is -2.35. The monoisotopic (exact) mass is 482 g/mol. The van der Waals surface area contributed by atoms with Gasteiger partial charge in [-0.15, -0.1) is 24.0 Å². The fourth-order valence-electron chi connectivity index (χ4n) is 4.29. The van der Waals surface area contributed by atoms with E-state index in [-0.39, 0.29) is 36.0 Å². The molecule has 1 aliphatic carbocycles. The van der Waals surface area contributed by atoms with E-state index >= 15 is 0 Å². The predicted octanol–water partition coefficient (Wildman–Crippen LogP) is 2.07. The van der Waals surface area contributed by atoms with Crippen molar-refractivity contribution in [2.45, 2.75) is 51.0 Å². The minimum atomic E-state index is 0. The number of aliphatic hydroxyl groups excluding tert-OH is 1. The molecule has 154 valence electrons. The summed E-state index contributed by atoms with van der Waals surface area (Å²) in [7, 11) is 6.19. The van der Waals surface area contributed by atoms with E-state index in [0.717, 1.165) is 51.0 Å². The maximum absolute atomic E-state index is 9.36. The van der Waals surface area contributed by atoms with Gasteiger partial charge in [-0.05, 0) is 45.7 Å². The van der Waals surface area contributed by atoms with Gasteiger partial charge in [0, 0.05) is 44.8 Å². The summed E-state index contributed by atoms with van der Waals surface area (Å²) >= 11 is 0. The van der Waals surface area contributed by atoms with Crippen LogP contribution in [0.15, 0.2) is 4.99 Å². The third kappa shape index (κ3) is 7.13. The van der Waals surface area contributed by atoms with Crippen LogP contribution in [0.25, 0.3) is 0 Å². The second kappa shape index (κ2) is 12.4. The highest BCUT2D eigenvalue weighted by molar-refractivity contribution is 14.0. The summed E-state index contributed by atoms with van der Waals surface area (Å²) in [4.78, 5) is 6.74. The molecule has 1 saturated carbocycles. The average molecular weight is 482 g/mol. The highest BCUT2D eigenvalue weighted by Gasteiger charge is 2.34. The van der Waals surface area contributed by atoms with Crippen LogP contribution in [0.1, 0.15) is 44.9 Å². The topological polar surface area (TPSA) is 69.1 Å². The van der Waals surface area contributed by atoms with E-state index in [1.807, 2.05) is 7.05 Å². The number of aliphatic hydroxyl groups is 1. The van der Waals surface area contributed by atoms with Crippen LogP contribution in [0.3, 0.4) is 0 Å². The van der Waals surface area contributed by atoms with Gasteiger partial charge in [-0.25, -0.2) is 0 Å². The van der Waals surface area contributed by atoms with Gasteiger partial charge in [-0.2, -0.15) is 0 Å². The van der Waals surface area contributed by atoms with E-state index in [4.69, 9.17) is 4.74 Å². The van der Waals surface area contributed by atoms with Gasteiger partial charge < -0.3 is 25.4 Å². The fourth-order valence-corrected chi connectivity index (χ4v) is 4.29. The van der Waals surface area contributed by atoms with Crippen LogP contribution < -0.4 is 10.6 Å². The van der Waals surface area contributed by atoms with Gasteiger partial charge in [0.1, 0.15) is 0 Å². The lowest BCUT2D eigenvalue weighted by molar-refractivity contribution is 0.127. The Kier molecular flexibility index (Phi) is 11.4. The molecule has 1 saturated heterocycles. The second-order valence-corrected chi connectivity index (χ2v) is 8.01. The first-order valence-corrected chi connectivity index (χ1v) is 9.90. The van der Waals surface area contributed by atoms with Crippen molar-refractivity contribution in [2.24, 2.45) is 16.3 Å². The van der Waals surface area contributed by atoms with Crippen molar-refractivity contribution in [3.05, 3.63) is 0 Å². The number of likely N-dealkylation sites (N-methyl/N-ethyl adjacent to an activating group) is 1. The molecule has 0 amide bonds. The number of nitrogens with one attached hydrogen (secondary N) is 2. The summed E-state index contributed by atoms with van der Waals surface area (Å²) < 4.78 is 5.57. The van der Waals surface area contributed by atoms with Gasteiger partial charge in [-0.3, -0.25) is 4.99 Å². The van der Waals surface area contributed by atoms with Crippen LogP contribution in [0, 0.1) is 11.3 Å². The summed E-state index contributed by atoms with van der Waals surface area (Å²) in [6, 6.07) is 0.542. The molecular weight excluding hydrogens is 443 g/mol. The highest BCUT2D eigenvalue weighted by Crippen LogP contribution is 2.31. The Morgan fingerprint density at radius 1 is 1.27 bits per heavy atom. The van der Waals surface area contributed by atoms with Crippen molar-refractivity contribution in [3.8, 4) is 0 Å². The number of halogens is 1. The Hall–Kier alpha value is -0.120. The summed E-state index contributed by atoms with van der Waals surface area (Å²) in [5.74, 6) is 1.63. The molecule has 7 heteroatoms. The molecule has 0 aromatic rings. The van der Waals surface area contributed by atoms with Crippen molar-refractivity contribution in [1.29, 1.82) is 0 Å². The lowest BCUT2D eigenvalue weighted by Crippen LogP contribution is -2.50. The van der Waals surface area contributed by atoms with Gasteiger partial charge in [-0.1, -0.05) is 19.3 Å². The third-order valence-electron chi connectivity index (χ3n) is 6.02. The van der Waals surface area contributed by atoms with E-state index in [1.54, 1.807) is 0 Å². The minimum Gasteiger partial charge on any atom is -0.396 e. The Bertz CT molecular complexity index is 408. The number of nitrogens with zero attached hydrogens (tertiary/aromatic N) is 2. The van der Waals surface area contributed by atoms with Crippen LogP contribution in [-0.4, -0.2) is 76.1 Å². The molecular formula is C19H39IN4O2. The molecule has 0 aromatic heterocycles. The van der Waals surface area contributed by atoms with Gasteiger partial charge >= 0.3 is 0 Å². The van der Waals surface area contributed by atoms with E-state index in [2.05, 4.69) is 34.6 Å². The average Bonchev–Trinajstić information content (AvgIpc) is 3.07. The molecule has 0 spiro atoms. The van der Waals surface area contributed by atoms with Crippen LogP contribution in [0.2, 0.25) is 0 Å². The molecule has 0 bridgehead atoms. The number of guanidine groups is 1. The number of ether oxygens (including phenoxy) is 1. The van der Waals surface area contributed by atoms with E-state index in [1.165, 1.54) is 32.1 Å². The highest BCUT2D eigenvalue weighted by atomic mass is 127. The number of hydrogen-bond donors (Lipinski definition) is 3. The summed E-state index contributed by atoms with van der Waals surface area (Å²) in [5.41, 5.74) is 0.0384. The van der Waals surface area contributed by atoms with Gasteiger partial charge in [0.25, 0.3) is 0 Å². The zero-order chi connectivity index (χ0) is 18.1. The van der Waals surface area contributed by atoms with Crippen molar-refractivity contribution >= 4 is 29.9 Å².